The quantitative estimate of drug-likeness (QED) is 0.607. The number of rotatable bonds is 7. The summed E-state index contributed by atoms with van der Waals surface area (Å²) in [6.07, 6.45) is 4.04. The van der Waals surface area contributed by atoms with Crippen molar-refractivity contribution in [3.05, 3.63) is 59.7 Å². The number of likely N-dealkylation sites (tertiary alicyclic amines) is 2. The van der Waals surface area contributed by atoms with Gasteiger partial charge in [0, 0.05) is 76.4 Å². The Hall–Kier alpha value is -2.70. The van der Waals surface area contributed by atoms with Gasteiger partial charge in [-0.15, -0.1) is 0 Å². The molecule has 0 atom stereocenters. The van der Waals surface area contributed by atoms with Crippen LogP contribution in [0.1, 0.15) is 36.8 Å². The van der Waals surface area contributed by atoms with Crippen molar-refractivity contribution in [3.63, 3.8) is 0 Å². The molecule has 0 amide bonds. The van der Waals surface area contributed by atoms with Crippen LogP contribution in [0.25, 0.3) is 0 Å². The highest BCUT2D eigenvalue weighted by atomic mass is 16.5. The van der Waals surface area contributed by atoms with Gasteiger partial charge in [-0.25, -0.2) is 0 Å². The first-order valence-corrected chi connectivity index (χ1v) is 11.5. The van der Waals surface area contributed by atoms with Crippen LogP contribution in [0.2, 0.25) is 0 Å². The van der Waals surface area contributed by atoms with E-state index in [0.717, 1.165) is 76.5 Å². The Morgan fingerprint density at radius 2 is 0.938 bits per heavy atom. The van der Waals surface area contributed by atoms with E-state index in [-0.39, 0.29) is 0 Å². The zero-order chi connectivity index (χ0) is 22.2. The average molecular weight is 435 g/mol. The Labute approximate surface area is 191 Å². The molecule has 0 radical (unpaired) electrons. The number of hydrogen-bond donors (Lipinski definition) is 0. The molecule has 2 heterocycles. The Balaban J connectivity index is 1.19. The third-order valence-corrected chi connectivity index (χ3v) is 6.33. The molecule has 2 aromatic carbocycles. The van der Waals surface area contributed by atoms with E-state index >= 15 is 0 Å². The van der Waals surface area contributed by atoms with Crippen molar-refractivity contribution in [2.75, 3.05) is 40.4 Å². The van der Waals surface area contributed by atoms with Crippen LogP contribution in [0.5, 0.6) is 11.5 Å². The van der Waals surface area contributed by atoms with E-state index in [0.29, 0.717) is 0 Å². The van der Waals surface area contributed by atoms with Crippen molar-refractivity contribution >= 4 is 11.4 Å². The fraction of sp³-hybridized carbons (Fsp3) is 0.462. The highest BCUT2D eigenvalue weighted by Crippen LogP contribution is 2.18. The predicted octanol–water partition coefficient (Wildman–Crippen LogP) is 4.39. The molecule has 0 bridgehead atoms. The molecule has 2 aliphatic heterocycles. The van der Waals surface area contributed by atoms with Crippen molar-refractivity contribution in [3.8, 4) is 11.5 Å². The molecule has 0 saturated carbocycles. The number of benzene rings is 2. The van der Waals surface area contributed by atoms with Crippen molar-refractivity contribution < 1.29 is 9.47 Å². The summed E-state index contributed by atoms with van der Waals surface area (Å²) < 4.78 is 10.5. The van der Waals surface area contributed by atoms with Gasteiger partial charge >= 0.3 is 0 Å². The molecule has 6 nitrogen and oxygen atoms in total. The number of ether oxygens (including phenoxy) is 2. The van der Waals surface area contributed by atoms with E-state index < -0.39 is 0 Å². The second-order valence-electron chi connectivity index (χ2n) is 8.58. The van der Waals surface area contributed by atoms with Crippen molar-refractivity contribution in [1.82, 2.24) is 9.80 Å². The summed E-state index contributed by atoms with van der Waals surface area (Å²) in [5.74, 6) is 1.82. The topological polar surface area (TPSA) is 49.7 Å². The summed E-state index contributed by atoms with van der Waals surface area (Å²) >= 11 is 0. The van der Waals surface area contributed by atoms with E-state index in [1.165, 1.54) is 22.6 Å². The molecule has 0 N–H and O–H groups in total. The van der Waals surface area contributed by atoms with Crippen LogP contribution < -0.4 is 9.47 Å². The molecule has 0 unspecified atom stereocenters. The first-order chi connectivity index (χ1) is 15.7. The fourth-order valence-corrected chi connectivity index (χ4v) is 4.26. The van der Waals surface area contributed by atoms with Gasteiger partial charge in [-0.05, 0) is 35.4 Å². The van der Waals surface area contributed by atoms with Gasteiger partial charge in [0.15, 0.2) is 0 Å². The smallest absolute Gasteiger partial charge is 0.118 e. The maximum Gasteiger partial charge on any atom is 0.118 e. The van der Waals surface area contributed by atoms with E-state index in [2.05, 4.69) is 44.3 Å². The Bertz CT molecular complexity index is 824. The van der Waals surface area contributed by atoms with Gasteiger partial charge in [0.1, 0.15) is 11.5 Å². The first-order valence-electron chi connectivity index (χ1n) is 11.5. The normalized spacial score (nSPS) is 17.8. The van der Waals surface area contributed by atoms with Crippen molar-refractivity contribution in [2.24, 2.45) is 10.2 Å². The number of nitrogens with zero attached hydrogens (tertiary/aromatic N) is 4. The summed E-state index contributed by atoms with van der Waals surface area (Å²) in [6.45, 7) is 6.15. The third-order valence-electron chi connectivity index (χ3n) is 6.33. The van der Waals surface area contributed by atoms with Gasteiger partial charge in [-0.3, -0.25) is 9.80 Å². The molecule has 32 heavy (non-hydrogen) atoms. The molecule has 4 rings (SSSR count). The Morgan fingerprint density at radius 3 is 1.25 bits per heavy atom. The monoisotopic (exact) mass is 434 g/mol. The second-order valence-corrected chi connectivity index (χ2v) is 8.58. The largest absolute Gasteiger partial charge is 0.497 e. The minimum atomic E-state index is 0.910. The highest BCUT2D eigenvalue weighted by molar-refractivity contribution is 5.89. The lowest BCUT2D eigenvalue weighted by molar-refractivity contribution is 0.265. The van der Waals surface area contributed by atoms with Gasteiger partial charge in [0.2, 0.25) is 0 Å². The number of piperidine rings is 2. The van der Waals surface area contributed by atoms with Gasteiger partial charge in [-0.1, -0.05) is 24.3 Å². The SMILES string of the molecule is COc1ccc(CN2CCC(=NN=C3CCN(Cc4ccc(OC)cc4)CC3)CC2)cc1. The Kier molecular flexibility index (Phi) is 7.91. The van der Waals surface area contributed by atoms with Gasteiger partial charge in [0.25, 0.3) is 0 Å². The molecule has 2 aliphatic rings. The predicted molar refractivity (Wildman–Crippen MR) is 130 cm³/mol. The summed E-state index contributed by atoms with van der Waals surface area (Å²) in [4.78, 5) is 4.98. The minimum Gasteiger partial charge on any atom is -0.497 e. The summed E-state index contributed by atoms with van der Waals surface area (Å²) in [5, 5.41) is 9.26. The lowest BCUT2D eigenvalue weighted by Gasteiger charge is -2.28. The van der Waals surface area contributed by atoms with Crippen LogP contribution in [0.4, 0.5) is 0 Å². The van der Waals surface area contributed by atoms with E-state index in [9.17, 15) is 0 Å². The first kappa shape index (κ1) is 22.5. The maximum absolute atomic E-state index is 5.24. The van der Waals surface area contributed by atoms with Crippen LogP contribution in [0, 0.1) is 0 Å². The fourth-order valence-electron chi connectivity index (χ4n) is 4.26. The van der Waals surface area contributed by atoms with Crippen LogP contribution >= 0.6 is 0 Å². The zero-order valence-corrected chi connectivity index (χ0v) is 19.3. The summed E-state index contributed by atoms with van der Waals surface area (Å²) in [7, 11) is 3.41. The molecular formula is C26H34N4O2. The van der Waals surface area contributed by atoms with Crippen LogP contribution in [0.15, 0.2) is 58.7 Å². The molecule has 6 heteroatoms. The molecule has 2 aromatic rings. The van der Waals surface area contributed by atoms with Crippen LogP contribution in [0.3, 0.4) is 0 Å². The molecule has 170 valence electrons. The third kappa shape index (κ3) is 6.40. The number of methoxy groups -OCH3 is 2. The molecule has 0 spiro atoms. The lowest BCUT2D eigenvalue weighted by Crippen LogP contribution is -2.34. The second kappa shape index (κ2) is 11.2. The number of hydrogen-bond acceptors (Lipinski definition) is 6. The van der Waals surface area contributed by atoms with E-state index in [1.807, 2.05) is 24.3 Å². The molecule has 0 aliphatic carbocycles. The van der Waals surface area contributed by atoms with Crippen LogP contribution in [-0.2, 0) is 13.1 Å². The van der Waals surface area contributed by atoms with Crippen LogP contribution in [-0.4, -0.2) is 61.6 Å². The van der Waals surface area contributed by atoms with Crippen molar-refractivity contribution in [1.29, 1.82) is 0 Å². The molecule has 0 aromatic heterocycles. The lowest BCUT2D eigenvalue weighted by atomic mass is 10.1. The average Bonchev–Trinajstić information content (AvgIpc) is 2.85. The molecule has 2 saturated heterocycles. The van der Waals surface area contributed by atoms with E-state index in [4.69, 9.17) is 9.47 Å². The summed E-state index contributed by atoms with van der Waals surface area (Å²) in [6, 6.07) is 16.7. The van der Waals surface area contributed by atoms with Gasteiger partial charge < -0.3 is 9.47 Å². The van der Waals surface area contributed by atoms with Crippen molar-refractivity contribution in [2.45, 2.75) is 38.8 Å². The molecular weight excluding hydrogens is 400 g/mol. The summed E-state index contributed by atoms with van der Waals surface area (Å²) in [5.41, 5.74) is 5.13. The zero-order valence-electron chi connectivity index (χ0n) is 19.3. The highest BCUT2D eigenvalue weighted by Gasteiger charge is 2.17. The van der Waals surface area contributed by atoms with Gasteiger partial charge in [-0.2, -0.15) is 10.2 Å². The van der Waals surface area contributed by atoms with E-state index in [1.54, 1.807) is 14.2 Å². The standard InChI is InChI=1S/C26H34N4O2/c1-31-25-7-3-21(4-8-25)19-29-15-11-23(12-16-29)27-28-24-13-17-30(18-14-24)20-22-5-9-26(32-2)10-6-22/h3-10H,11-20H2,1-2H3. The maximum atomic E-state index is 5.24. The molecule has 2 fully saturated rings. The Morgan fingerprint density at radius 1 is 0.594 bits per heavy atom. The minimum absolute atomic E-state index is 0.910. The van der Waals surface area contributed by atoms with Gasteiger partial charge in [0.05, 0.1) is 14.2 Å².